The summed E-state index contributed by atoms with van der Waals surface area (Å²) in [5.74, 6) is -0.349. The molecule has 3 aromatic carbocycles. The highest BCUT2D eigenvalue weighted by atomic mass is 19.1. The Morgan fingerprint density at radius 2 is 1.35 bits per heavy atom. The Kier molecular flexibility index (Phi) is 5.45. The molecule has 31 heavy (non-hydrogen) atoms. The van der Waals surface area contributed by atoms with Gasteiger partial charge in [0.1, 0.15) is 5.82 Å². The van der Waals surface area contributed by atoms with Crippen LogP contribution in [0.5, 0.6) is 0 Å². The van der Waals surface area contributed by atoms with E-state index in [0.29, 0.717) is 5.56 Å². The van der Waals surface area contributed by atoms with Crippen molar-refractivity contribution in [1.82, 2.24) is 9.80 Å². The predicted molar refractivity (Wildman–Crippen MR) is 121 cm³/mol. The molecule has 1 amide bonds. The van der Waals surface area contributed by atoms with Crippen molar-refractivity contribution in [2.24, 2.45) is 4.99 Å². The van der Waals surface area contributed by atoms with Crippen LogP contribution in [0.25, 0.3) is 11.1 Å². The Bertz CT molecular complexity index is 1130. The third-order valence-corrected chi connectivity index (χ3v) is 6.16. The normalized spacial score (nSPS) is 16.6. The topological polar surface area (TPSA) is 35.9 Å². The minimum atomic E-state index is -0.211. The summed E-state index contributed by atoms with van der Waals surface area (Å²) < 4.78 is 13.3. The molecule has 5 rings (SSSR count). The first-order chi connectivity index (χ1) is 15.2. The zero-order chi connectivity index (χ0) is 21.2. The van der Waals surface area contributed by atoms with Crippen LogP contribution in [0.2, 0.25) is 0 Å². The van der Waals surface area contributed by atoms with Gasteiger partial charge in [-0.2, -0.15) is 0 Å². The van der Waals surface area contributed by atoms with Gasteiger partial charge in [-0.15, -0.1) is 0 Å². The molecule has 0 radical (unpaired) electrons. The number of hydrogen-bond acceptors (Lipinski definition) is 3. The number of nitrogens with zero attached hydrogens (tertiary/aromatic N) is 3. The molecular formula is C26H24FN3O. The third kappa shape index (κ3) is 4.20. The average Bonchev–Trinajstić information content (AvgIpc) is 3.18. The lowest BCUT2D eigenvalue weighted by atomic mass is 9.99. The van der Waals surface area contributed by atoms with Gasteiger partial charge in [-0.3, -0.25) is 14.6 Å². The summed E-state index contributed by atoms with van der Waals surface area (Å²) in [5.41, 5.74) is 6.33. The smallest absolute Gasteiger partial charge is 0.277 e. The molecule has 0 unspecified atom stereocenters. The molecule has 0 aromatic heterocycles. The molecule has 0 bridgehead atoms. The standard InChI is InChI=1S/C26H24FN3O/c27-22-10-8-19(9-11-22)23-6-2-1-4-20(23)17-29-12-14-30(15-13-29)18-21-5-3-7-24-25(21)16-28-26(24)31/h1-11,16H,12-15,17-18H2. The monoisotopic (exact) mass is 413 g/mol. The highest BCUT2D eigenvalue weighted by Crippen LogP contribution is 2.26. The largest absolute Gasteiger partial charge is 0.297 e. The van der Waals surface area contributed by atoms with Crippen molar-refractivity contribution in [3.8, 4) is 11.1 Å². The van der Waals surface area contributed by atoms with Gasteiger partial charge in [-0.25, -0.2) is 9.38 Å². The summed E-state index contributed by atoms with van der Waals surface area (Å²) in [7, 11) is 0. The number of halogens is 1. The lowest BCUT2D eigenvalue weighted by Crippen LogP contribution is -2.45. The quantitative estimate of drug-likeness (QED) is 0.623. The molecule has 0 atom stereocenters. The fourth-order valence-electron chi connectivity index (χ4n) is 4.44. The molecule has 0 saturated carbocycles. The van der Waals surface area contributed by atoms with E-state index in [0.717, 1.165) is 56.0 Å². The van der Waals surface area contributed by atoms with E-state index in [1.807, 2.05) is 30.3 Å². The van der Waals surface area contributed by atoms with Crippen molar-refractivity contribution in [2.75, 3.05) is 26.2 Å². The van der Waals surface area contributed by atoms with Gasteiger partial charge in [0.25, 0.3) is 5.91 Å². The average molecular weight is 413 g/mol. The van der Waals surface area contributed by atoms with Crippen LogP contribution in [0.15, 0.2) is 71.7 Å². The van der Waals surface area contributed by atoms with Crippen molar-refractivity contribution in [3.05, 3.63) is 94.8 Å². The molecule has 156 valence electrons. The van der Waals surface area contributed by atoms with Crippen LogP contribution in [0.3, 0.4) is 0 Å². The minimum absolute atomic E-state index is 0.138. The molecule has 5 heteroatoms. The second-order valence-electron chi connectivity index (χ2n) is 8.16. The SMILES string of the molecule is O=C1N=Cc2c(CN3CCN(Cc4ccccc4-c4ccc(F)cc4)CC3)cccc21. The van der Waals surface area contributed by atoms with Gasteiger partial charge >= 0.3 is 0 Å². The van der Waals surface area contributed by atoms with Crippen molar-refractivity contribution in [2.45, 2.75) is 13.1 Å². The van der Waals surface area contributed by atoms with Crippen molar-refractivity contribution >= 4 is 12.1 Å². The zero-order valence-corrected chi connectivity index (χ0v) is 17.3. The van der Waals surface area contributed by atoms with Gasteiger partial charge in [0.05, 0.1) is 5.56 Å². The fourth-order valence-corrected chi connectivity index (χ4v) is 4.44. The summed E-state index contributed by atoms with van der Waals surface area (Å²) in [6.45, 7) is 5.65. The van der Waals surface area contributed by atoms with Crippen LogP contribution in [-0.2, 0) is 13.1 Å². The molecule has 1 fully saturated rings. The number of hydrogen-bond donors (Lipinski definition) is 0. The lowest BCUT2D eigenvalue weighted by Gasteiger charge is -2.35. The molecular weight excluding hydrogens is 389 g/mol. The Morgan fingerprint density at radius 3 is 2.10 bits per heavy atom. The molecule has 4 nitrogen and oxygen atoms in total. The molecule has 1 saturated heterocycles. The number of aliphatic imine (C=N–C) groups is 1. The summed E-state index contributed by atoms with van der Waals surface area (Å²) in [4.78, 5) is 20.7. The molecule has 0 N–H and O–H groups in total. The van der Waals surface area contributed by atoms with E-state index in [4.69, 9.17) is 0 Å². The number of amides is 1. The number of fused-ring (bicyclic) bond motifs is 1. The maximum Gasteiger partial charge on any atom is 0.277 e. The first-order valence-electron chi connectivity index (χ1n) is 10.7. The van der Waals surface area contributed by atoms with E-state index in [1.165, 1.54) is 23.3 Å². The molecule has 3 aromatic rings. The van der Waals surface area contributed by atoms with Gasteiger partial charge in [-0.05, 0) is 40.5 Å². The lowest BCUT2D eigenvalue weighted by molar-refractivity contribution is 0.101. The number of carbonyl (C=O) groups excluding carboxylic acids is 1. The number of rotatable bonds is 5. The van der Waals surface area contributed by atoms with Crippen LogP contribution < -0.4 is 0 Å². The van der Waals surface area contributed by atoms with Crippen LogP contribution >= 0.6 is 0 Å². The number of piperazine rings is 1. The number of benzene rings is 3. The highest BCUT2D eigenvalue weighted by molar-refractivity contribution is 6.13. The molecule has 2 aliphatic heterocycles. The van der Waals surface area contributed by atoms with Crippen molar-refractivity contribution in [3.63, 3.8) is 0 Å². The van der Waals surface area contributed by atoms with E-state index in [9.17, 15) is 9.18 Å². The predicted octanol–water partition coefficient (Wildman–Crippen LogP) is 4.38. The molecule has 2 heterocycles. The summed E-state index contributed by atoms with van der Waals surface area (Å²) in [6, 6.07) is 21.0. The van der Waals surface area contributed by atoms with Gasteiger partial charge in [0, 0.05) is 51.0 Å². The van der Waals surface area contributed by atoms with Gasteiger partial charge in [0.15, 0.2) is 0 Å². The molecule has 0 spiro atoms. The number of carbonyl (C=O) groups is 1. The van der Waals surface area contributed by atoms with Crippen molar-refractivity contribution < 1.29 is 9.18 Å². The Balaban J connectivity index is 1.23. The summed E-state index contributed by atoms with van der Waals surface area (Å²) >= 11 is 0. The van der Waals surface area contributed by atoms with E-state index in [2.05, 4.69) is 39.1 Å². The summed E-state index contributed by atoms with van der Waals surface area (Å²) in [6.07, 6.45) is 1.70. The van der Waals surface area contributed by atoms with Gasteiger partial charge < -0.3 is 0 Å². The molecule has 2 aliphatic rings. The Morgan fingerprint density at radius 1 is 0.742 bits per heavy atom. The highest BCUT2D eigenvalue weighted by Gasteiger charge is 2.22. The first kappa shape index (κ1) is 19.8. The minimum Gasteiger partial charge on any atom is -0.297 e. The summed E-state index contributed by atoms with van der Waals surface area (Å²) in [5, 5.41) is 0. The van der Waals surface area contributed by atoms with Gasteiger partial charge in [0.2, 0.25) is 0 Å². The van der Waals surface area contributed by atoms with E-state index in [-0.39, 0.29) is 11.7 Å². The Labute approximate surface area is 181 Å². The third-order valence-electron chi connectivity index (χ3n) is 6.16. The van der Waals surface area contributed by atoms with Crippen molar-refractivity contribution in [1.29, 1.82) is 0 Å². The van der Waals surface area contributed by atoms with Crippen LogP contribution in [-0.4, -0.2) is 48.1 Å². The fraction of sp³-hybridized carbons (Fsp3) is 0.231. The second kappa shape index (κ2) is 8.53. The van der Waals surface area contributed by atoms with E-state index >= 15 is 0 Å². The second-order valence-corrected chi connectivity index (χ2v) is 8.16. The Hall–Kier alpha value is -3.15. The van der Waals surface area contributed by atoms with Crippen LogP contribution in [0, 0.1) is 5.82 Å². The first-order valence-corrected chi connectivity index (χ1v) is 10.7. The maximum atomic E-state index is 13.3. The van der Waals surface area contributed by atoms with Crippen LogP contribution in [0.4, 0.5) is 4.39 Å². The van der Waals surface area contributed by atoms with E-state index in [1.54, 1.807) is 6.21 Å². The van der Waals surface area contributed by atoms with E-state index < -0.39 is 0 Å². The molecule has 0 aliphatic carbocycles. The van der Waals surface area contributed by atoms with Gasteiger partial charge in [-0.1, -0.05) is 48.5 Å². The van der Waals surface area contributed by atoms with Crippen LogP contribution in [0.1, 0.15) is 27.0 Å². The maximum absolute atomic E-state index is 13.3. The zero-order valence-electron chi connectivity index (χ0n) is 17.3.